The molecule has 0 fully saturated rings. The first-order valence-corrected chi connectivity index (χ1v) is 8.00. The number of hydrogen-bond acceptors (Lipinski definition) is 2. The molecule has 3 rings (SSSR count). The molecule has 0 saturated heterocycles. The summed E-state index contributed by atoms with van der Waals surface area (Å²) in [4.78, 5) is 12.2. The first-order chi connectivity index (χ1) is 12.0. The van der Waals surface area contributed by atoms with Crippen molar-refractivity contribution < 1.29 is 13.9 Å². The van der Waals surface area contributed by atoms with Crippen LogP contribution in [-0.4, -0.2) is 5.91 Å². The molecule has 3 aromatic carbocycles. The van der Waals surface area contributed by atoms with Crippen molar-refractivity contribution in [3.63, 3.8) is 0 Å². The molecule has 0 radical (unpaired) electrons. The van der Waals surface area contributed by atoms with Crippen molar-refractivity contribution in [1.82, 2.24) is 0 Å². The van der Waals surface area contributed by atoms with Crippen molar-refractivity contribution >= 4 is 23.2 Å². The summed E-state index contributed by atoms with van der Waals surface area (Å²) in [5, 5.41) is 2.78. The van der Waals surface area contributed by atoms with E-state index in [2.05, 4.69) is 5.32 Å². The summed E-state index contributed by atoms with van der Waals surface area (Å²) in [5.74, 6) is 0.509. The van der Waals surface area contributed by atoms with Gasteiger partial charge in [0.05, 0.1) is 10.6 Å². The Hall–Kier alpha value is -2.85. The number of hydrogen-bond donors (Lipinski definition) is 1. The molecule has 0 atom stereocenters. The number of carbonyl (C=O) groups is 1. The topological polar surface area (TPSA) is 38.3 Å². The van der Waals surface area contributed by atoms with E-state index < -0.39 is 11.7 Å². The fourth-order valence-corrected chi connectivity index (χ4v) is 2.55. The second kappa shape index (κ2) is 7.36. The van der Waals surface area contributed by atoms with Crippen LogP contribution in [0.4, 0.5) is 10.1 Å². The van der Waals surface area contributed by atoms with Gasteiger partial charge >= 0.3 is 0 Å². The van der Waals surface area contributed by atoms with Crippen LogP contribution < -0.4 is 10.1 Å². The van der Waals surface area contributed by atoms with Gasteiger partial charge in [-0.2, -0.15) is 0 Å². The van der Waals surface area contributed by atoms with Gasteiger partial charge in [0.2, 0.25) is 0 Å². The highest BCUT2D eigenvalue weighted by molar-refractivity contribution is 6.34. The number of rotatable bonds is 4. The standard InChI is InChI=1S/C20H15ClFNO2/c1-13-3-2-4-17(11-13)25-16-8-6-15(7-9-16)23-20(24)18-10-5-14(22)12-19(18)21/h2-12H,1H3,(H,23,24). The van der Waals surface area contributed by atoms with Crippen LogP contribution in [0.5, 0.6) is 11.5 Å². The first kappa shape index (κ1) is 17.0. The molecule has 25 heavy (non-hydrogen) atoms. The summed E-state index contributed by atoms with van der Waals surface area (Å²) in [7, 11) is 0. The van der Waals surface area contributed by atoms with Crippen molar-refractivity contribution in [3.8, 4) is 11.5 Å². The zero-order valence-corrected chi connectivity index (χ0v) is 14.2. The Kier molecular flexibility index (Phi) is 5.00. The summed E-state index contributed by atoms with van der Waals surface area (Å²) in [6, 6.07) is 18.3. The first-order valence-electron chi connectivity index (χ1n) is 7.62. The molecule has 0 aliphatic heterocycles. The molecule has 5 heteroatoms. The highest BCUT2D eigenvalue weighted by Gasteiger charge is 2.11. The van der Waals surface area contributed by atoms with Gasteiger partial charge in [-0.15, -0.1) is 0 Å². The lowest BCUT2D eigenvalue weighted by atomic mass is 10.2. The Morgan fingerprint density at radius 3 is 2.44 bits per heavy atom. The zero-order valence-electron chi connectivity index (χ0n) is 13.4. The third-order valence-electron chi connectivity index (χ3n) is 3.51. The molecule has 126 valence electrons. The minimum absolute atomic E-state index is 0.0666. The van der Waals surface area contributed by atoms with Gasteiger partial charge in [-0.25, -0.2) is 4.39 Å². The van der Waals surface area contributed by atoms with Gasteiger partial charge in [0, 0.05) is 5.69 Å². The molecule has 1 amide bonds. The van der Waals surface area contributed by atoms with E-state index in [0.29, 0.717) is 11.4 Å². The van der Waals surface area contributed by atoms with Crippen molar-refractivity contribution in [1.29, 1.82) is 0 Å². The fraction of sp³-hybridized carbons (Fsp3) is 0.0500. The van der Waals surface area contributed by atoms with Crippen LogP contribution in [0.25, 0.3) is 0 Å². The number of aryl methyl sites for hydroxylation is 1. The summed E-state index contributed by atoms with van der Waals surface area (Å²) in [6.45, 7) is 1.99. The molecule has 3 nitrogen and oxygen atoms in total. The Labute approximate surface area is 150 Å². The Balaban J connectivity index is 1.69. The second-order valence-electron chi connectivity index (χ2n) is 5.52. The van der Waals surface area contributed by atoms with Gasteiger partial charge in [-0.1, -0.05) is 23.7 Å². The number of ether oxygens (including phenoxy) is 1. The predicted octanol–water partition coefficient (Wildman–Crippen LogP) is 5.83. The molecule has 0 saturated carbocycles. The number of amides is 1. The average Bonchev–Trinajstić information content (AvgIpc) is 2.56. The lowest BCUT2D eigenvalue weighted by Crippen LogP contribution is -2.12. The largest absolute Gasteiger partial charge is 0.457 e. The fourth-order valence-electron chi connectivity index (χ4n) is 2.29. The summed E-state index contributed by atoms with van der Waals surface area (Å²) in [5.41, 5.74) is 1.91. The number of benzene rings is 3. The van der Waals surface area contributed by atoms with Crippen LogP contribution in [0.3, 0.4) is 0 Å². The molecular weight excluding hydrogens is 341 g/mol. The third-order valence-corrected chi connectivity index (χ3v) is 3.83. The molecule has 0 heterocycles. The average molecular weight is 356 g/mol. The SMILES string of the molecule is Cc1cccc(Oc2ccc(NC(=O)c3ccc(F)cc3Cl)cc2)c1. The van der Waals surface area contributed by atoms with Gasteiger partial charge in [0.15, 0.2) is 0 Å². The van der Waals surface area contributed by atoms with E-state index in [0.717, 1.165) is 17.4 Å². The summed E-state index contributed by atoms with van der Waals surface area (Å²) >= 11 is 5.90. The quantitative estimate of drug-likeness (QED) is 0.639. The van der Waals surface area contributed by atoms with Crippen LogP contribution in [-0.2, 0) is 0 Å². The maximum absolute atomic E-state index is 13.1. The second-order valence-corrected chi connectivity index (χ2v) is 5.93. The van der Waals surface area contributed by atoms with Gasteiger partial charge in [0.25, 0.3) is 5.91 Å². The van der Waals surface area contributed by atoms with Crippen molar-refractivity contribution in [2.24, 2.45) is 0 Å². The Bertz CT molecular complexity index is 910. The van der Waals surface area contributed by atoms with Gasteiger partial charge in [-0.3, -0.25) is 4.79 Å². The summed E-state index contributed by atoms with van der Waals surface area (Å²) < 4.78 is 18.8. The Morgan fingerprint density at radius 1 is 1.00 bits per heavy atom. The molecule has 0 aliphatic carbocycles. The van der Waals surface area contributed by atoms with E-state index in [-0.39, 0.29) is 10.6 Å². The smallest absolute Gasteiger partial charge is 0.257 e. The van der Waals surface area contributed by atoms with E-state index in [1.165, 1.54) is 12.1 Å². The van der Waals surface area contributed by atoms with Crippen molar-refractivity contribution in [3.05, 3.63) is 88.7 Å². The van der Waals surface area contributed by atoms with Crippen LogP contribution in [0.15, 0.2) is 66.7 Å². The normalized spacial score (nSPS) is 10.4. The minimum atomic E-state index is -0.487. The minimum Gasteiger partial charge on any atom is -0.457 e. The Morgan fingerprint density at radius 2 is 1.76 bits per heavy atom. The van der Waals surface area contributed by atoms with Crippen molar-refractivity contribution in [2.75, 3.05) is 5.32 Å². The van der Waals surface area contributed by atoms with Gasteiger partial charge < -0.3 is 10.1 Å². The van der Waals surface area contributed by atoms with E-state index in [4.69, 9.17) is 16.3 Å². The van der Waals surface area contributed by atoms with Crippen molar-refractivity contribution in [2.45, 2.75) is 6.92 Å². The molecule has 3 aromatic rings. The lowest BCUT2D eigenvalue weighted by molar-refractivity contribution is 0.102. The number of nitrogens with one attached hydrogen (secondary N) is 1. The molecule has 0 unspecified atom stereocenters. The molecule has 1 N–H and O–H groups in total. The molecule has 0 bridgehead atoms. The van der Waals surface area contributed by atoms with Crippen LogP contribution >= 0.6 is 11.6 Å². The highest BCUT2D eigenvalue weighted by Crippen LogP contribution is 2.24. The number of halogens is 2. The predicted molar refractivity (Wildman–Crippen MR) is 97.1 cm³/mol. The van der Waals surface area contributed by atoms with Crippen LogP contribution in [0.2, 0.25) is 5.02 Å². The van der Waals surface area contributed by atoms with Crippen LogP contribution in [0.1, 0.15) is 15.9 Å². The highest BCUT2D eigenvalue weighted by atomic mass is 35.5. The zero-order chi connectivity index (χ0) is 17.8. The maximum Gasteiger partial charge on any atom is 0.257 e. The van der Waals surface area contributed by atoms with E-state index in [1.807, 2.05) is 31.2 Å². The summed E-state index contributed by atoms with van der Waals surface area (Å²) in [6.07, 6.45) is 0. The van der Waals surface area contributed by atoms with Gasteiger partial charge in [0.1, 0.15) is 17.3 Å². The number of carbonyl (C=O) groups excluding carboxylic acids is 1. The van der Waals surface area contributed by atoms with Crippen LogP contribution in [0, 0.1) is 12.7 Å². The lowest BCUT2D eigenvalue weighted by Gasteiger charge is -2.09. The monoisotopic (exact) mass is 355 g/mol. The van der Waals surface area contributed by atoms with E-state index in [9.17, 15) is 9.18 Å². The molecule has 0 aromatic heterocycles. The maximum atomic E-state index is 13.1. The van der Waals surface area contributed by atoms with Gasteiger partial charge in [-0.05, 0) is 67.1 Å². The van der Waals surface area contributed by atoms with E-state index >= 15 is 0 Å². The molecule has 0 spiro atoms. The molecule has 0 aliphatic rings. The van der Waals surface area contributed by atoms with E-state index in [1.54, 1.807) is 24.3 Å². The number of anilines is 1. The molecular formula is C20H15ClFNO2. The third kappa shape index (κ3) is 4.37.